The molecule has 0 saturated heterocycles. The SMILES string of the molecule is CCOC(=O)Cc1cc(C)cnc1C(F)F. The third-order valence-electron chi connectivity index (χ3n) is 1.98. The zero-order valence-corrected chi connectivity index (χ0v) is 9.17. The highest BCUT2D eigenvalue weighted by atomic mass is 19.3. The maximum absolute atomic E-state index is 12.6. The van der Waals surface area contributed by atoms with Crippen molar-refractivity contribution in [3.05, 3.63) is 29.1 Å². The Morgan fingerprint density at radius 2 is 2.25 bits per heavy atom. The summed E-state index contributed by atoms with van der Waals surface area (Å²) in [5, 5.41) is 0. The van der Waals surface area contributed by atoms with E-state index >= 15 is 0 Å². The Labute approximate surface area is 92.4 Å². The van der Waals surface area contributed by atoms with Gasteiger partial charge in [0.15, 0.2) is 0 Å². The van der Waals surface area contributed by atoms with Crippen molar-refractivity contribution >= 4 is 5.97 Å². The van der Waals surface area contributed by atoms with Crippen LogP contribution in [-0.4, -0.2) is 17.6 Å². The molecule has 5 heteroatoms. The minimum Gasteiger partial charge on any atom is -0.466 e. The van der Waals surface area contributed by atoms with E-state index in [0.717, 1.165) is 5.56 Å². The van der Waals surface area contributed by atoms with E-state index in [9.17, 15) is 13.6 Å². The summed E-state index contributed by atoms with van der Waals surface area (Å²) in [5.74, 6) is -0.517. The Balaban J connectivity index is 2.92. The third-order valence-corrected chi connectivity index (χ3v) is 1.98. The van der Waals surface area contributed by atoms with E-state index in [-0.39, 0.29) is 24.3 Å². The molecule has 1 aromatic heterocycles. The zero-order chi connectivity index (χ0) is 12.1. The molecule has 3 nitrogen and oxygen atoms in total. The molecule has 1 rings (SSSR count). The quantitative estimate of drug-likeness (QED) is 0.744. The van der Waals surface area contributed by atoms with Gasteiger partial charge in [-0.05, 0) is 25.0 Å². The van der Waals surface area contributed by atoms with E-state index in [0.29, 0.717) is 0 Å². The number of aryl methyl sites for hydroxylation is 1. The van der Waals surface area contributed by atoms with Gasteiger partial charge in [-0.1, -0.05) is 6.07 Å². The molecule has 0 fully saturated rings. The van der Waals surface area contributed by atoms with Crippen LogP contribution in [0.1, 0.15) is 30.2 Å². The highest BCUT2D eigenvalue weighted by molar-refractivity contribution is 5.72. The second-order valence-corrected chi connectivity index (χ2v) is 3.34. The minimum absolute atomic E-state index is 0.164. The fourth-order valence-corrected chi connectivity index (χ4v) is 1.35. The number of rotatable bonds is 4. The Morgan fingerprint density at radius 3 is 2.81 bits per heavy atom. The predicted octanol–water partition coefficient (Wildman–Crippen LogP) is 2.43. The summed E-state index contributed by atoms with van der Waals surface area (Å²) in [6.07, 6.45) is -1.48. The van der Waals surface area contributed by atoms with Gasteiger partial charge in [-0.2, -0.15) is 0 Å². The summed E-state index contributed by atoms with van der Waals surface area (Å²) in [6.45, 7) is 3.64. The fourth-order valence-electron chi connectivity index (χ4n) is 1.35. The molecule has 0 aliphatic heterocycles. The lowest BCUT2D eigenvalue weighted by Crippen LogP contribution is -2.10. The molecule has 0 N–H and O–H groups in total. The average molecular weight is 229 g/mol. The van der Waals surface area contributed by atoms with Crippen molar-refractivity contribution in [1.82, 2.24) is 4.98 Å². The van der Waals surface area contributed by atoms with Crippen molar-refractivity contribution in [3.63, 3.8) is 0 Å². The number of hydrogen-bond acceptors (Lipinski definition) is 3. The first-order chi connectivity index (χ1) is 7.54. The zero-order valence-electron chi connectivity index (χ0n) is 9.17. The molecule has 0 spiro atoms. The van der Waals surface area contributed by atoms with Crippen molar-refractivity contribution < 1.29 is 18.3 Å². The van der Waals surface area contributed by atoms with Gasteiger partial charge in [-0.25, -0.2) is 8.78 Å². The summed E-state index contributed by atoms with van der Waals surface area (Å²) < 4.78 is 29.9. The number of pyridine rings is 1. The number of carbonyl (C=O) groups is 1. The van der Waals surface area contributed by atoms with E-state index in [1.807, 2.05) is 0 Å². The summed E-state index contributed by atoms with van der Waals surface area (Å²) in [5.41, 5.74) is 0.621. The molecule has 1 aromatic rings. The molecule has 0 radical (unpaired) electrons. The van der Waals surface area contributed by atoms with Crippen LogP contribution in [0.5, 0.6) is 0 Å². The first-order valence-electron chi connectivity index (χ1n) is 4.93. The van der Waals surface area contributed by atoms with E-state index in [1.54, 1.807) is 13.8 Å². The summed E-state index contributed by atoms with van der Waals surface area (Å²) in [6, 6.07) is 1.53. The lowest BCUT2D eigenvalue weighted by Gasteiger charge is -2.08. The second-order valence-electron chi connectivity index (χ2n) is 3.34. The van der Waals surface area contributed by atoms with Crippen LogP contribution in [0.25, 0.3) is 0 Å². The Morgan fingerprint density at radius 1 is 1.56 bits per heavy atom. The van der Waals surface area contributed by atoms with E-state index in [1.165, 1.54) is 12.3 Å². The number of carbonyl (C=O) groups excluding carboxylic acids is 1. The number of halogens is 2. The highest BCUT2D eigenvalue weighted by Crippen LogP contribution is 2.21. The first kappa shape index (κ1) is 12.5. The number of ether oxygens (including phenoxy) is 1. The van der Waals surface area contributed by atoms with Gasteiger partial charge >= 0.3 is 5.97 Å². The molecule has 0 amide bonds. The molecule has 0 aliphatic rings. The van der Waals surface area contributed by atoms with Crippen LogP contribution < -0.4 is 0 Å². The lowest BCUT2D eigenvalue weighted by atomic mass is 10.1. The number of aromatic nitrogens is 1. The van der Waals surface area contributed by atoms with Gasteiger partial charge in [-0.3, -0.25) is 9.78 Å². The Kier molecular flexibility index (Phi) is 4.34. The van der Waals surface area contributed by atoms with E-state index in [2.05, 4.69) is 4.98 Å². The number of esters is 1. The molecular weight excluding hydrogens is 216 g/mol. The first-order valence-corrected chi connectivity index (χ1v) is 4.93. The standard InChI is InChI=1S/C11H13F2NO2/c1-3-16-9(15)5-8-4-7(2)6-14-10(8)11(12)13/h4,6,11H,3,5H2,1-2H3. The molecule has 1 heterocycles. The topological polar surface area (TPSA) is 39.2 Å². The maximum atomic E-state index is 12.6. The van der Waals surface area contributed by atoms with E-state index < -0.39 is 12.4 Å². The largest absolute Gasteiger partial charge is 0.466 e. The maximum Gasteiger partial charge on any atom is 0.310 e. The van der Waals surface area contributed by atoms with Crippen LogP contribution >= 0.6 is 0 Å². The monoisotopic (exact) mass is 229 g/mol. The smallest absolute Gasteiger partial charge is 0.310 e. The molecule has 88 valence electrons. The van der Waals surface area contributed by atoms with Gasteiger partial charge in [0.05, 0.1) is 13.0 Å². The second kappa shape index (κ2) is 5.53. The van der Waals surface area contributed by atoms with Crippen molar-refractivity contribution in [3.8, 4) is 0 Å². The van der Waals surface area contributed by atoms with Gasteiger partial charge in [-0.15, -0.1) is 0 Å². The van der Waals surface area contributed by atoms with Gasteiger partial charge in [0, 0.05) is 6.20 Å². The molecular formula is C11H13F2NO2. The lowest BCUT2D eigenvalue weighted by molar-refractivity contribution is -0.142. The van der Waals surface area contributed by atoms with Crippen LogP contribution in [0.3, 0.4) is 0 Å². The minimum atomic E-state index is -2.68. The van der Waals surface area contributed by atoms with Gasteiger partial charge in [0.2, 0.25) is 0 Å². The number of hydrogen-bond donors (Lipinski definition) is 0. The molecule has 0 aromatic carbocycles. The van der Waals surface area contributed by atoms with E-state index in [4.69, 9.17) is 4.74 Å². The molecule has 0 saturated carbocycles. The summed E-state index contributed by atoms with van der Waals surface area (Å²) in [4.78, 5) is 14.8. The molecule has 0 aliphatic carbocycles. The van der Waals surface area contributed by atoms with Crippen LogP contribution in [0.15, 0.2) is 12.3 Å². The van der Waals surface area contributed by atoms with Crippen molar-refractivity contribution in [2.45, 2.75) is 26.7 Å². The Bertz CT molecular complexity index is 380. The average Bonchev–Trinajstić information content (AvgIpc) is 2.17. The normalized spacial score (nSPS) is 10.6. The molecule has 0 bridgehead atoms. The van der Waals surface area contributed by atoms with Crippen molar-refractivity contribution in [2.24, 2.45) is 0 Å². The van der Waals surface area contributed by atoms with Crippen LogP contribution in [0.4, 0.5) is 8.78 Å². The highest BCUT2D eigenvalue weighted by Gasteiger charge is 2.17. The predicted molar refractivity (Wildman–Crippen MR) is 54.3 cm³/mol. The van der Waals surface area contributed by atoms with Gasteiger partial charge in [0.1, 0.15) is 5.69 Å². The summed E-state index contributed by atoms with van der Waals surface area (Å²) in [7, 11) is 0. The Hall–Kier alpha value is -1.52. The number of alkyl halides is 2. The molecule has 16 heavy (non-hydrogen) atoms. The molecule has 0 atom stereocenters. The van der Waals surface area contributed by atoms with Gasteiger partial charge in [0.25, 0.3) is 6.43 Å². The summed E-state index contributed by atoms with van der Waals surface area (Å²) >= 11 is 0. The third kappa shape index (κ3) is 3.25. The van der Waals surface area contributed by atoms with Crippen LogP contribution in [-0.2, 0) is 16.0 Å². The van der Waals surface area contributed by atoms with Crippen LogP contribution in [0.2, 0.25) is 0 Å². The van der Waals surface area contributed by atoms with Gasteiger partial charge < -0.3 is 4.74 Å². The van der Waals surface area contributed by atoms with Crippen molar-refractivity contribution in [1.29, 1.82) is 0 Å². The molecule has 0 unspecified atom stereocenters. The van der Waals surface area contributed by atoms with Crippen LogP contribution in [0, 0.1) is 6.92 Å². The number of nitrogens with zero attached hydrogens (tertiary/aromatic N) is 1. The fraction of sp³-hybridized carbons (Fsp3) is 0.455. The van der Waals surface area contributed by atoms with Crippen molar-refractivity contribution in [2.75, 3.05) is 6.61 Å².